The van der Waals surface area contributed by atoms with E-state index < -0.39 is 12.0 Å². The highest BCUT2D eigenvalue weighted by atomic mass is 16.4. The van der Waals surface area contributed by atoms with E-state index in [1.807, 2.05) is 49.0 Å². The fraction of sp³-hybridized carbons (Fsp3) is 0.308. The van der Waals surface area contributed by atoms with Gasteiger partial charge in [-0.05, 0) is 12.5 Å². The Morgan fingerprint density at radius 2 is 2.18 bits per heavy atom. The number of fused-ring (bicyclic) bond motifs is 1. The van der Waals surface area contributed by atoms with E-state index in [0.29, 0.717) is 6.42 Å². The number of nitrogens with one attached hydrogen (secondary N) is 1. The Hall–Kier alpha value is -1.97. The second-order valence-electron chi connectivity index (χ2n) is 4.11. The van der Waals surface area contributed by atoms with Gasteiger partial charge in [-0.2, -0.15) is 0 Å². The molecule has 4 heteroatoms. The van der Waals surface area contributed by atoms with Crippen LogP contribution in [0.25, 0.3) is 10.9 Å². The number of anilines is 1. The Balaban J connectivity index is 2.39. The van der Waals surface area contributed by atoms with Gasteiger partial charge in [0, 0.05) is 24.1 Å². The minimum absolute atomic E-state index is 0.541. The molecule has 4 nitrogen and oxygen atoms in total. The molecule has 90 valence electrons. The highest BCUT2D eigenvalue weighted by molar-refractivity contribution is 5.94. The lowest BCUT2D eigenvalue weighted by Gasteiger charge is -2.12. The van der Waals surface area contributed by atoms with Crippen molar-refractivity contribution in [3.05, 3.63) is 30.5 Å². The Kier molecular flexibility index (Phi) is 3.04. The molecule has 2 rings (SSSR count). The number of benzene rings is 1. The van der Waals surface area contributed by atoms with Crippen LogP contribution in [0.2, 0.25) is 0 Å². The molecule has 0 saturated heterocycles. The molecule has 2 N–H and O–H groups in total. The number of carbonyl (C=O) groups is 1. The number of aryl methyl sites for hydroxylation is 1. The van der Waals surface area contributed by atoms with Crippen molar-refractivity contribution in [2.24, 2.45) is 7.05 Å². The zero-order chi connectivity index (χ0) is 12.4. The van der Waals surface area contributed by atoms with Crippen molar-refractivity contribution in [1.29, 1.82) is 0 Å². The van der Waals surface area contributed by atoms with Gasteiger partial charge in [-0.3, -0.25) is 0 Å². The summed E-state index contributed by atoms with van der Waals surface area (Å²) in [7, 11) is 1.95. The molecule has 1 aromatic carbocycles. The number of rotatable bonds is 4. The van der Waals surface area contributed by atoms with Gasteiger partial charge in [0.25, 0.3) is 0 Å². The molecular weight excluding hydrogens is 216 g/mol. The van der Waals surface area contributed by atoms with E-state index in [1.54, 1.807) is 0 Å². The van der Waals surface area contributed by atoms with Crippen LogP contribution < -0.4 is 5.32 Å². The van der Waals surface area contributed by atoms with E-state index in [-0.39, 0.29) is 0 Å². The summed E-state index contributed by atoms with van der Waals surface area (Å²) in [6.45, 7) is 1.86. The van der Waals surface area contributed by atoms with E-state index in [4.69, 9.17) is 5.11 Å². The van der Waals surface area contributed by atoms with Crippen LogP contribution in [0.3, 0.4) is 0 Å². The van der Waals surface area contributed by atoms with Crippen LogP contribution in [0.1, 0.15) is 13.3 Å². The van der Waals surface area contributed by atoms with Crippen molar-refractivity contribution in [2.45, 2.75) is 19.4 Å². The van der Waals surface area contributed by atoms with Crippen LogP contribution in [0, 0.1) is 0 Å². The largest absolute Gasteiger partial charge is 0.480 e. The minimum Gasteiger partial charge on any atom is -0.480 e. The predicted octanol–water partition coefficient (Wildman–Crippen LogP) is 2.45. The van der Waals surface area contributed by atoms with E-state index in [9.17, 15) is 4.79 Å². The van der Waals surface area contributed by atoms with Gasteiger partial charge in [-0.15, -0.1) is 0 Å². The smallest absolute Gasteiger partial charge is 0.326 e. The zero-order valence-corrected chi connectivity index (χ0v) is 9.97. The SMILES string of the molecule is CCC(Nc1cn(C)c2ccccc12)C(=O)O. The summed E-state index contributed by atoms with van der Waals surface area (Å²) >= 11 is 0. The van der Waals surface area contributed by atoms with Gasteiger partial charge in [-0.1, -0.05) is 25.1 Å². The van der Waals surface area contributed by atoms with E-state index in [0.717, 1.165) is 16.6 Å². The molecule has 17 heavy (non-hydrogen) atoms. The van der Waals surface area contributed by atoms with Gasteiger partial charge in [0.15, 0.2) is 0 Å². The molecular formula is C13H16N2O2. The van der Waals surface area contributed by atoms with Crippen LogP contribution in [-0.4, -0.2) is 21.7 Å². The summed E-state index contributed by atoms with van der Waals surface area (Å²) < 4.78 is 1.99. The third kappa shape index (κ3) is 2.11. The highest BCUT2D eigenvalue weighted by Gasteiger charge is 2.16. The molecule has 0 amide bonds. The number of para-hydroxylation sites is 1. The third-order valence-electron chi connectivity index (χ3n) is 2.93. The fourth-order valence-corrected chi connectivity index (χ4v) is 1.98. The average molecular weight is 232 g/mol. The van der Waals surface area contributed by atoms with Gasteiger partial charge < -0.3 is 15.0 Å². The first-order valence-corrected chi connectivity index (χ1v) is 5.67. The maximum atomic E-state index is 11.0. The monoisotopic (exact) mass is 232 g/mol. The molecule has 0 aliphatic carbocycles. The highest BCUT2D eigenvalue weighted by Crippen LogP contribution is 2.25. The summed E-state index contributed by atoms with van der Waals surface area (Å²) in [6, 6.07) is 7.39. The summed E-state index contributed by atoms with van der Waals surface area (Å²) in [5.74, 6) is -0.819. The molecule has 1 aromatic heterocycles. The number of hydrogen-bond acceptors (Lipinski definition) is 2. The van der Waals surface area contributed by atoms with Crippen LogP contribution in [-0.2, 0) is 11.8 Å². The average Bonchev–Trinajstić information content (AvgIpc) is 2.63. The molecule has 0 fully saturated rings. The van der Waals surface area contributed by atoms with Crippen molar-refractivity contribution in [2.75, 3.05) is 5.32 Å². The Labute approximate surface area is 99.9 Å². The molecule has 0 aliphatic heterocycles. The third-order valence-corrected chi connectivity index (χ3v) is 2.93. The van der Waals surface area contributed by atoms with E-state index in [1.165, 1.54) is 0 Å². The summed E-state index contributed by atoms with van der Waals surface area (Å²) in [5.41, 5.74) is 1.97. The van der Waals surface area contributed by atoms with E-state index in [2.05, 4.69) is 5.32 Å². The van der Waals surface area contributed by atoms with Crippen LogP contribution in [0.5, 0.6) is 0 Å². The van der Waals surface area contributed by atoms with Crippen molar-refractivity contribution in [1.82, 2.24) is 4.57 Å². The number of aliphatic carboxylic acids is 1. The molecule has 0 bridgehead atoms. The fourth-order valence-electron chi connectivity index (χ4n) is 1.98. The lowest BCUT2D eigenvalue weighted by molar-refractivity contribution is -0.137. The second kappa shape index (κ2) is 4.49. The maximum Gasteiger partial charge on any atom is 0.326 e. The number of carboxylic acids is 1. The second-order valence-corrected chi connectivity index (χ2v) is 4.11. The molecule has 1 heterocycles. The van der Waals surface area contributed by atoms with Crippen LogP contribution in [0.15, 0.2) is 30.5 Å². The first-order chi connectivity index (χ1) is 8.13. The van der Waals surface area contributed by atoms with Crippen LogP contribution >= 0.6 is 0 Å². The molecule has 0 aliphatic rings. The lowest BCUT2D eigenvalue weighted by Crippen LogP contribution is -2.28. The van der Waals surface area contributed by atoms with Gasteiger partial charge in [0.05, 0.1) is 5.69 Å². The maximum absolute atomic E-state index is 11.0. The van der Waals surface area contributed by atoms with Gasteiger partial charge >= 0.3 is 5.97 Å². The Morgan fingerprint density at radius 1 is 1.47 bits per heavy atom. The standard InChI is InChI=1S/C13H16N2O2/c1-3-10(13(16)17)14-11-8-15(2)12-7-5-4-6-9(11)12/h4-8,10,14H,3H2,1-2H3,(H,16,17). The summed E-state index contributed by atoms with van der Waals surface area (Å²) in [6.07, 6.45) is 2.48. The first kappa shape index (κ1) is 11.5. The molecule has 0 saturated carbocycles. The predicted molar refractivity (Wildman–Crippen MR) is 68.3 cm³/mol. The molecule has 0 spiro atoms. The first-order valence-electron chi connectivity index (χ1n) is 5.67. The Bertz CT molecular complexity index is 545. The Morgan fingerprint density at radius 3 is 2.82 bits per heavy atom. The molecule has 2 aromatic rings. The van der Waals surface area contributed by atoms with Crippen molar-refractivity contribution in [3.8, 4) is 0 Å². The van der Waals surface area contributed by atoms with Gasteiger partial charge in [-0.25, -0.2) is 4.79 Å². The van der Waals surface area contributed by atoms with Crippen molar-refractivity contribution in [3.63, 3.8) is 0 Å². The molecule has 0 radical (unpaired) electrons. The number of hydrogen-bond donors (Lipinski definition) is 2. The number of carboxylic acid groups (broad SMARTS) is 1. The normalized spacial score (nSPS) is 12.6. The van der Waals surface area contributed by atoms with E-state index >= 15 is 0 Å². The molecule has 1 atom stereocenters. The lowest BCUT2D eigenvalue weighted by atomic mass is 10.2. The van der Waals surface area contributed by atoms with Gasteiger partial charge in [0.1, 0.15) is 6.04 Å². The van der Waals surface area contributed by atoms with Crippen molar-refractivity contribution < 1.29 is 9.90 Å². The summed E-state index contributed by atoms with van der Waals surface area (Å²) in [4.78, 5) is 11.0. The number of aromatic nitrogens is 1. The number of nitrogens with zero attached hydrogens (tertiary/aromatic N) is 1. The quantitative estimate of drug-likeness (QED) is 0.851. The summed E-state index contributed by atoms with van der Waals surface area (Å²) in [5, 5.41) is 13.2. The molecule has 1 unspecified atom stereocenters. The van der Waals surface area contributed by atoms with Gasteiger partial charge in [0.2, 0.25) is 0 Å². The topological polar surface area (TPSA) is 54.3 Å². The minimum atomic E-state index is -0.819. The van der Waals surface area contributed by atoms with Crippen LogP contribution in [0.4, 0.5) is 5.69 Å². The van der Waals surface area contributed by atoms with Crippen molar-refractivity contribution >= 4 is 22.6 Å². The zero-order valence-electron chi connectivity index (χ0n) is 9.97.